The molecule has 0 radical (unpaired) electrons. The average Bonchev–Trinajstić information content (AvgIpc) is 2.38. The van der Waals surface area contributed by atoms with Gasteiger partial charge in [-0.2, -0.15) is 0 Å². The molecule has 2 N–H and O–H groups in total. The summed E-state index contributed by atoms with van der Waals surface area (Å²) < 4.78 is 18.6. The highest BCUT2D eigenvalue weighted by molar-refractivity contribution is 5.69. The highest BCUT2D eigenvalue weighted by atomic mass is 19.1. The van der Waals surface area contributed by atoms with Gasteiger partial charge in [-0.1, -0.05) is 18.2 Å². The molecule has 0 amide bonds. The van der Waals surface area contributed by atoms with Gasteiger partial charge in [-0.05, 0) is 47.9 Å². The number of methoxy groups -OCH3 is 1. The molecule has 0 aliphatic carbocycles. The molecule has 1 atom stereocenters. The second-order valence-corrected chi connectivity index (χ2v) is 4.25. The molecule has 0 fully saturated rings. The van der Waals surface area contributed by atoms with E-state index in [0.717, 1.165) is 22.4 Å². The van der Waals surface area contributed by atoms with Crippen LogP contribution in [0, 0.1) is 5.82 Å². The summed E-state index contributed by atoms with van der Waals surface area (Å²) in [5.74, 6) is 0.476. The van der Waals surface area contributed by atoms with Crippen LogP contribution in [0.1, 0.15) is 18.5 Å². The van der Waals surface area contributed by atoms with E-state index in [4.69, 9.17) is 10.5 Å². The SMILES string of the molecule is COc1cccc(-c2cc(F)ccc2C(C)N)c1. The summed E-state index contributed by atoms with van der Waals surface area (Å²) in [6, 6.07) is 12.1. The van der Waals surface area contributed by atoms with Crippen molar-refractivity contribution >= 4 is 0 Å². The Morgan fingerprint density at radius 1 is 1.17 bits per heavy atom. The Bertz CT molecular complexity index is 552. The summed E-state index contributed by atoms with van der Waals surface area (Å²) >= 11 is 0. The molecule has 0 bridgehead atoms. The van der Waals surface area contributed by atoms with Crippen LogP contribution in [0.15, 0.2) is 42.5 Å². The van der Waals surface area contributed by atoms with Gasteiger partial charge in [0.1, 0.15) is 11.6 Å². The third-order valence-electron chi connectivity index (χ3n) is 2.89. The molecule has 2 rings (SSSR count). The number of hydrogen-bond acceptors (Lipinski definition) is 2. The second-order valence-electron chi connectivity index (χ2n) is 4.25. The molecule has 2 aromatic carbocycles. The van der Waals surface area contributed by atoms with E-state index in [-0.39, 0.29) is 11.9 Å². The second kappa shape index (κ2) is 5.19. The first-order chi connectivity index (χ1) is 8.61. The third kappa shape index (κ3) is 2.51. The van der Waals surface area contributed by atoms with Crippen LogP contribution in [0.5, 0.6) is 5.75 Å². The van der Waals surface area contributed by atoms with Crippen molar-refractivity contribution in [1.82, 2.24) is 0 Å². The van der Waals surface area contributed by atoms with E-state index in [0.29, 0.717) is 0 Å². The first kappa shape index (κ1) is 12.6. The maximum absolute atomic E-state index is 13.4. The van der Waals surface area contributed by atoms with E-state index in [1.807, 2.05) is 31.2 Å². The van der Waals surface area contributed by atoms with Crippen molar-refractivity contribution in [2.75, 3.05) is 7.11 Å². The molecule has 0 aromatic heterocycles. The molecule has 2 nitrogen and oxygen atoms in total. The molecular formula is C15H16FNO. The molecule has 0 aliphatic rings. The van der Waals surface area contributed by atoms with Crippen molar-refractivity contribution in [3.63, 3.8) is 0 Å². The van der Waals surface area contributed by atoms with Crippen LogP contribution in [-0.4, -0.2) is 7.11 Å². The topological polar surface area (TPSA) is 35.2 Å². The molecule has 0 spiro atoms. The number of rotatable bonds is 3. The fourth-order valence-electron chi connectivity index (χ4n) is 1.97. The van der Waals surface area contributed by atoms with E-state index in [2.05, 4.69) is 0 Å². The zero-order valence-electron chi connectivity index (χ0n) is 10.5. The Hall–Kier alpha value is -1.87. The van der Waals surface area contributed by atoms with Gasteiger partial charge in [0.25, 0.3) is 0 Å². The fraction of sp³-hybridized carbons (Fsp3) is 0.200. The van der Waals surface area contributed by atoms with E-state index >= 15 is 0 Å². The summed E-state index contributed by atoms with van der Waals surface area (Å²) in [4.78, 5) is 0. The van der Waals surface area contributed by atoms with Crippen molar-refractivity contribution in [3.8, 4) is 16.9 Å². The summed E-state index contributed by atoms with van der Waals surface area (Å²) in [5.41, 5.74) is 8.55. The lowest BCUT2D eigenvalue weighted by Gasteiger charge is -2.13. The predicted molar refractivity (Wildman–Crippen MR) is 71.0 cm³/mol. The van der Waals surface area contributed by atoms with Gasteiger partial charge in [0.15, 0.2) is 0 Å². The number of halogens is 1. The van der Waals surface area contributed by atoms with Gasteiger partial charge in [0, 0.05) is 6.04 Å². The maximum Gasteiger partial charge on any atom is 0.123 e. The lowest BCUT2D eigenvalue weighted by molar-refractivity contribution is 0.415. The molecule has 0 aliphatic heterocycles. The highest BCUT2D eigenvalue weighted by Gasteiger charge is 2.10. The van der Waals surface area contributed by atoms with E-state index in [9.17, 15) is 4.39 Å². The molecule has 18 heavy (non-hydrogen) atoms. The Morgan fingerprint density at radius 2 is 1.94 bits per heavy atom. The molecule has 2 aromatic rings. The molecular weight excluding hydrogens is 229 g/mol. The number of hydrogen-bond donors (Lipinski definition) is 1. The maximum atomic E-state index is 13.4. The average molecular weight is 245 g/mol. The van der Waals surface area contributed by atoms with Gasteiger partial charge >= 0.3 is 0 Å². The van der Waals surface area contributed by atoms with Gasteiger partial charge in [-0.15, -0.1) is 0 Å². The Labute approximate surface area is 106 Å². The minimum Gasteiger partial charge on any atom is -0.497 e. The molecule has 0 saturated heterocycles. The Balaban J connectivity index is 2.57. The molecule has 0 saturated carbocycles. The molecule has 1 unspecified atom stereocenters. The van der Waals surface area contributed by atoms with Crippen molar-refractivity contribution in [1.29, 1.82) is 0 Å². The number of benzene rings is 2. The minimum atomic E-state index is -0.266. The molecule has 94 valence electrons. The lowest BCUT2D eigenvalue weighted by Crippen LogP contribution is -2.07. The normalized spacial score (nSPS) is 12.2. The summed E-state index contributed by atoms with van der Waals surface area (Å²) in [7, 11) is 1.61. The Kier molecular flexibility index (Phi) is 3.63. The van der Waals surface area contributed by atoms with Gasteiger partial charge in [-0.3, -0.25) is 0 Å². The zero-order valence-corrected chi connectivity index (χ0v) is 10.5. The summed E-state index contributed by atoms with van der Waals surface area (Å²) in [6.45, 7) is 1.89. The van der Waals surface area contributed by atoms with Gasteiger partial charge in [0.05, 0.1) is 7.11 Å². The number of nitrogens with two attached hydrogens (primary N) is 1. The van der Waals surface area contributed by atoms with Gasteiger partial charge < -0.3 is 10.5 Å². The first-order valence-corrected chi connectivity index (χ1v) is 5.81. The summed E-state index contributed by atoms with van der Waals surface area (Å²) in [5, 5.41) is 0. The lowest BCUT2D eigenvalue weighted by atomic mass is 9.95. The van der Waals surface area contributed by atoms with Crippen molar-refractivity contribution < 1.29 is 9.13 Å². The van der Waals surface area contributed by atoms with Crippen LogP contribution < -0.4 is 10.5 Å². The number of ether oxygens (including phenoxy) is 1. The van der Waals surface area contributed by atoms with Crippen molar-refractivity contribution in [3.05, 3.63) is 53.8 Å². The third-order valence-corrected chi connectivity index (χ3v) is 2.89. The largest absolute Gasteiger partial charge is 0.497 e. The van der Waals surface area contributed by atoms with Crippen molar-refractivity contribution in [2.45, 2.75) is 13.0 Å². The Morgan fingerprint density at radius 3 is 2.61 bits per heavy atom. The van der Waals surface area contributed by atoms with E-state index < -0.39 is 0 Å². The van der Waals surface area contributed by atoms with Crippen LogP contribution in [0.4, 0.5) is 4.39 Å². The van der Waals surface area contributed by atoms with Crippen LogP contribution in [0.25, 0.3) is 11.1 Å². The standard InChI is InChI=1S/C15H16FNO/c1-10(17)14-7-6-12(16)9-15(14)11-4-3-5-13(8-11)18-2/h3-10H,17H2,1-2H3. The predicted octanol–water partition coefficient (Wildman–Crippen LogP) is 3.52. The van der Waals surface area contributed by atoms with Crippen LogP contribution in [0.2, 0.25) is 0 Å². The monoisotopic (exact) mass is 245 g/mol. The molecule has 3 heteroatoms. The minimum absolute atomic E-state index is 0.146. The van der Waals surface area contributed by atoms with E-state index in [1.165, 1.54) is 12.1 Å². The van der Waals surface area contributed by atoms with Crippen molar-refractivity contribution in [2.24, 2.45) is 5.73 Å². The zero-order chi connectivity index (χ0) is 13.1. The summed E-state index contributed by atoms with van der Waals surface area (Å²) in [6.07, 6.45) is 0. The van der Waals surface area contributed by atoms with Crippen LogP contribution in [-0.2, 0) is 0 Å². The quantitative estimate of drug-likeness (QED) is 0.898. The van der Waals surface area contributed by atoms with Gasteiger partial charge in [0.2, 0.25) is 0 Å². The smallest absolute Gasteiger partial charge is 0.123 e. The first-order valence-electron chi connectivity index (χ1n) is 5.81. The van der Waals surface area contributed by atoms with Gasteiger partial charge in [-0.25, -0.2) is 4.39 Å². The van der Waals surface area contributed by atoms with Crippen LogP contribution >= 0.6 is 0 Å². The molecule has 0 heterocycles. The highest BCUT2D eigenvalue weighted by Crippen LogP contribution is 2.30. The van der Waals surface area contributed by atoms with E-state index in [1.54, 1.807) is 13.2 Å². The van der Waals surface area contributed by atoms with Crippen LogP contribution in [0.3, 0.4) is 0 Å². The fourth-order valence-corrected chi connectivity index (χ4v) is 1.97.